The first-order chi connectivity index (χ1) is 9.23. The minimum absolute atomic E-state index is 0.518. The lowest BCUT2D eigenvalue weighted by atomic mass is 9.82. The van der Waals surface area contributed by atoms with Crippen LogP contribution in [0.5, 0.6) is 0 Å². The van der Waals surface area contributed by atoms with E-state index in [1.54, 1.807) is 0 Å². The lowest BCUT2D eigenvalue weighted by molar-refractivity contribution is 0.301. The van der Waals surface area contributed by atoms with E-state index in [-0.39, 0.29) is 0 Å². The van der Waals surface area contributed by atoms with Crippen molar-refractivity contribution in [2.45, 2.75) is 46.6 Å². The number of hydrogen-bond acceptors (Lipinski definition) is 3. The molecule has 0 aliphatic carbocycles. The van der Waals surface area contributed by atoms with Crippen LogP contribution in [0, 0.1) is 5.41 Å². The van der Waals surface area contributed by atoms with Crippen molar-refractivity contribution in [3.05, 3.63) is 23.9 Å². The van der Waals surface area contributed by atoms with Crippen LogP contribution in [0.15, 0.2) is 18.3 Å². The molecular formula is C16H27N3. The van der Waals surface area contributed by atoms with Gasteiger partial charge >= 0.3 is 0 Å². The first kappa shape index (κ1) is 14.3. The summed E-state index contributed by atoms with van der Waals surface area (Å²) < 4.78 is 0. The largest absolute Gasteiger partial charge is 0.356 e. The molecule has 1 aliphatic heterocycles. The SMILES string of the molecule is CCNCc1ccc(N2CCC(CC)(CC)C2)nc1. The zero-order valence-corrected chi connectivity index (χ0v) is 12.6. The summed E-state index contributed by atoms with van der Waals surface area (Å²) in [6.45, 7) is 11.0. The average molecular weight is 261 g/mol. The molecule has 19 heavy (non-hydrogen) atoms. The van der Waals surface area contributed by atoms with E-state index in [9.17, 15) is 0 Å². The molecule has 0 saturated carbocycles. The monoisotopic (exact) mass is 261 g/mol. The molecule has 1 fully saturated rings. The van der Waals surface area contributed by atoms with Gasteiger partial charge in [-0.15, -0.1) is 0 Å². The molecule has 1 aliphatic rings. The number of nitrogens with zero attached hydrogens (tertiary/aromatic N) is 2. The highest BCUT2D eigenvalue weighted by molar-refractivity contribution is 5.41. The van der Waals surface area contributed by atoms with E-state index >= 15 is 0 Å². The second-order valence-corrected chi connectivity index (χ2v) is 5.68. The van der Waals surface area contributed by atoms with Crippen molar-refractivity contribution >= 4 is 5.82 Å². The molecule has 0 spiro atoms. The predicted octanol–water partition coefficient (Wildman–Crippen LogP) is 3.21. The summed E-state index contributed by atoms with van der Waals surface area (Å²) in [6, 6.07) is 4.37. The smallest absolute Gasteiger partial charge is 0.128 e. The Morgan fingerprint density at radius 3 is 2.58 bits per heavy atom. The van der Waals surface area contributed by atoms with E-state index in [1.807, 2.05) is 6.20 Å². The van der Waals surface area contributed by atoms with Crippen LogP contribution in [-0.4, -0.2) is 24.6 Å². The lowest BCUT2D eigenvalue weighted by Crippen LogP contribution is -2.26. The molecule has 0 aromatic carbocycles. The molecule has 3 heteroatoms. The molecule has 2 rings (SSSR count). The van der Waals surface area contributed by atoms with Crippen LogP contribution in [0.3, 0.4) is 0 Å². The van der Waals surface area contributed by atoms with Gasteiger partial charge in [-0.2, -0.15) is 0 Å². The summed E-state index contributed by atoms with van der Waals surface area (Å²) in [5.41, 5.74) is 1.78. The summed E-state index contributed by atoms with van der Waals surface area (Å²) in [4.78, 5) is 7.08. The fourth-order valence-corrected chi connectivity index (χ4v) is 2.94. The Labute approximate surface area is 117 Å². The minimum Gasteiger partial charge on any atom is -0.356 e. The number of anilines is 1. The molecule has 1 N–H and O–H groups in total. The maximum absolute atomic E-state index is 4.63. The molecular weight excluding hydrogens is 234 g/mol. The van der Waals surface area contributed by atoms with Crippen molar-refractivity contribution in [2.75, 3.05) is 24.5 Å². The van der Waals surface area contributed by atoms with Crippen molar-refractivity contribution in [3.8, 4) is 0 Å². The van der Waals surface area contributed by atoms with Crippen LogP contribution in [-0.2, 0) is 6.54 Å². The van der Waals surface area contributed by atoms with Crippen molar-refractivity contribution in [1.29, 1.82) is 0 Å². The molecule has 0 atom stereocenters. The number of hydrogen-bond donors (Lipinski definition) is 1. The molecule has 0 radical (unpaired) electrons. The molecule has 0 amide bonds. The zero-order chi connectivity index (χ0) is 13.7. The molecule has 3 nitrogen and oxygen atoms in total. The second-order valence-electron chi connectivity index (χ2n) is 5.68. The summed E-state index contributed by atoms with van der Waals surface area (Å²) in [7, 11) is 0. The number of pyridine rings is 1. The van der Waals surface area contributed by atoms with E-state index in [4.69, 9.17) is 0 Å². The first-order valence-corrected chi connectivity index (χ1v) is 7.63. The average Bonchev–Trinajstić information content (AvgIpc) is 2.91. The third-order valence-electron chi connectivity index (χ3n) is 4.65. The first-order valence-electron chi connectivity index (χ1n) is 7.63. The van der Waals surface area contributed by atoms with Crippen LogP contribution in [0.2, 0.25) is 0 Å². The molecule has 106 valence electrons. The van der Waals surface area contributed by atoms with Gasteiger partial charge in [0.2, 0.25) is 0 Å². The van der Waals surface area contributed by atoms with Crippen molar-refractivity contribution in [2.24, 2.45) is 5.41 Å². The quantitative estimate of drug-likeness (QED) is 0.852. The number of nitrogens with one attached hydrogen (secondary N) is 1. The lowest BCUT2D eigenvalue weighted by Gasteiger charge is -2.26. The molecule has 0 bridgehead atoms. The third-order valence-corrected chi connectivity index (χ3v) is 4.65. The fourth-order valence-electron chi connectivity index (χ4n) is 2.94. The molecule has 1 saturated heterocycles. The van der Waals surface area contributed by atoms with E-state index in [0.717, 1.165) is 25.5 Å². The summed E-state index contributed by atoms with van der Waals surface area (Å²) in [5, 5.41) is 3.33. The van der Waals surface area contributed by atoms with Crippen molar-refractivity contribution in [1.82, 2.24) is 10.3 Å². The molecule has 1 aromatic heterocycles. The van der Waals surface area contributed by atoms with Gasteiger partial charge < -0.3 is 10.2 Å². The van der Waals surface area contributed by atoms with Gasteiger partial charge in [-0.25, -0.2) is 4.98 Å². The normalized spacial score (nSPS) is 17.9. The van der Waals surface area contributed by atoms with Gasteiger partial charge in [0.1, 0.15) is 5.82 Å². The Balaban J connectivity index is 1.99. The van der Waals surface area contributed by atoms with E-state index in [2.05, 4.69) is 48.1 Å². The Kier molecular flexibility index (Phi) is 4.81. The number of aromatic nitrogens is 1. The summed E-state index contributed by atoms with van der Waals surface area (Å²) in [5.74, 6) is 1.14. The van der Waals surface area contributed by atoms with Crippen LogP contribution in [0.25, 0.3) is 0 Å². The Morgan fingerprint density at radius 2 is 2.05 bits per heavy atom. The van der Waals surface area contributed by atoms with Gasteiger partial charge in [0, 0.05) is 25.8 Å². The van der Waals surface area contributed by atoms with Crippen LogP contribution >= 0.6 is 0 Å². The topological polar surface area (TPSA) is 28.2 Å². The highest BCUT2D eigenvalue weighted by Gasteiger charge is 2.35. The maximum atomic E-state index is 4.63. The van der Waals surface area contributed by atoms with Gasteiger partial charge in [0.25, 0.3) is 0 Å². The third kappa shape index (κ3) is 3.27. The zero-order valence-electron chi connectivity index (χ0n) is 12.6. The molecule has 1 aromatic rings. The second kappa shape index (κ2) is 6.38. The van der Waals surface area contributed by atoms with Gasteiger partial charge in [-0.3, -0.25) is 0 Å². The number of rotatable bonds is 6. The Hall–Kier alpha value is -1.09. The highest BCUT2D eigenvalue weighted by atomic mass is 15.2. The van der Waals surface area contributed by atoms with Crippen molar-refractivity contribution in [3.63, 3.8) is 0 Å². The van der Waals surface area contributed by atoms with Gasteiger partial charge in [0.15, 0.2) is 0 Å². The molecule has 0 unspecified atom stereocenters. The van der Waals surface area contributed by atoms with Crippen molar-refractivity contribution < 1.29 is 0 Å². The Morgan fingerprint density at radius 1 is 1.26 bits per heavy atom. The summed E-state index contributed by atoms with van der Waals surface area (Å²) >= 11 is 0. The van der Waals surface area contributed by atoms with Crippen LogP contribution in [0.4, 0.5) is 5.82 Å². The molecule has 2 heterocycles. The minimum atomic E-state index is 0.518. The highest BCUT2D eigenvalue weighted by Crippen LogP contribution is 2.38. The van der Waals surface area contributed by atoms with E-state index in [0.29, 0.717) is 5.41 Å². The fraction of sp³-hybridized carbons (Fsp3) is 0.688. The van der Waals surface area contributed by atoms with E-state index in [1.165, 1.54) is 31.4 Å². The van der Waals surface area contributed by atoms with Gasteiger partial charge in [-0.1, -0.05) is 26.8 Å². The maximum Gasteiger partial charge on any atom is 0.128 e. The standard InChI is InChI=1S/C16H27N3/c1-4-16(5-2)9-10-19(13-16)15-8-7-14(12-18-15)11-17-6-3/h7-8,12,17H,4-6,9-11,13H2,1-3H3. The summed E-state index contributed by atoms with van der Waals surface area (Å²) in [6.07, 6.45) is 5.87. The van der Waals surface area contributed by atoms with Gasteiger partial charge in [0.05, 0.1) is 0 Å². The van der Waals surface area contributed by atoms with Gasteiger partial charge in [-0.05, 0) is 42.9 Å². The Bertz CT molecular complexity index is 381. The van der Waals surface area contributed by atoms with E-state index < -0.39 is 0 Å². The van der Waals surface area contributed by atoms with Crippen LogP contribution < -0.4 is 10.2 Å². The predicted molar refractivity (Wildman–Crippen MR) is 81.5 cm³/mol. The van der Waals surface area contributed by atoms with Crippen LogP contribution in [0.1, 0.15) is 45.6 Å².